The third-order valence-electron chi connectivity index (χ3n) is 3.39. The van der Waals surface area contributed by atoms with E-state index in [2.05, 4.69) is 10.6 Å². The second-order valence-electron chi connectivity index (χ2n) is 4.87. The van der Waals surface area contributed by atoms with E-state index in [1.54, 1.807) is 6.07 Å². The van der Waals surface area contributed by atoms with Gasteiger partial charge in [0.15, 0.2) is 5.78 Å². The summed E-state index contributed by atoms with van der Waals surface area (Å²) in [6, 6.07) is 12.0. The normalized spacial score (nSPS) is 16.6. The monoisotopic (exact) mass is 284 g/mol. The Labute approximate surface area is 121 Å². The molecule has 0 bridgehead atoms. The maximum absolute atomic E-state index is 12.8. The van der Waals surface area contributed by atoms with Gasteiger partial charge < -0.3 is 10.6 Å². The van der Waals surface area contributed by atoms with Crippen molar-refractivity contribution in [2.45, 2.75) is 12.5 Å². The fourth-order valence-electron chi connectivity index (χ4n) is 2.27. The van der Waals surface area contributed by atoms with Gasteiger partial charge in [0.05, 0.1) is 11.4 Å². The molecule has 0 unspecified atom stereocenters. The number of rotatable bonds is 3. The fraction of sp³-hybridized carbons (Fsp3) is 0.125. The molecule has 0 saturated carbocycles. The molecule has 3 rings (SSSR count). The van der Waals surface area contributed by atoms with Gasteiger partial charge in [-0.15, -0.1) is 0 Å². The van der Waals surface area contributed by atoms with Crippen molar-refractivity contribution in [3.8, 4) is 0 Å². The highest BCUT2D eigenvalue weighted by molar-refractivity contribution is 6.07. The zero-order chi connectivity index (χ0) is 14.8. The molecule has 0 saturated heterocycles. The summed E-state index contributed by atoms with van der Waals surface area (Å²) in [4.78, 5) is 24.1. The van der Waals surface area contributed by atoms with Crippen molar-refractivity contribution in [3.63, 3.8) is 0 Å². The first-order chi connectivity index (χ1) is 10.1. The van der Waals surface area contributed by atoms with Gasteiger partial charge in [-0.1, -0.05) is 12.1 Å². The van der Waals surface area contributed by atoms with Crippen LogP contribution < -0.4 is 10.6 Å². The molecule has 2 aromatic carbocycles. The van der Waals surface area contributed by atoms with Crippen LogP contribution in [0.5, 0.6) is 0 Å². The first-order valence-corrected chi connectivity index (χ1v) is 6.59. The lowest BCUT2D eigenvalue weighted by Crippen LogP contribution is -2.40. The van der Waals surface area contributed by atoms with Crippen LogP contribution >= 0.6 is 0 Å². The highest BCUT2D eigenvalue weighted by Gasteiger charge is 2.27. The van der Waals surface area contributed by atoms with Crippen molar-refractivity contribution in [1.29, 1.82) is 0 Å². The smallest absolute Gasteiger partial charge is 0.247 e. The predicted molar refractivity (Wildman–Crippen MR) is 77.8 cm³/mol. The van der Waals surface area contributed by atoms with E-state index in [0.717, 1.165) is 5.69 Å². The average molecular weight is 284 g/mol. The number of anilines is 2. The Balaban J connectivity index is 1.75. The van der Waals surface area contributed by atoms with Crippen LogP contribution in [0.4, 0.5) is 15.8 Å². The van der Waals surface area contributed by atoms with Crippen LogP contribution in [0.15, 0.2) is 48.5 Å². The lowest BCUT2D eigenvalue weighted by molar-refractivity contribution is -0.117. The summed E-state index contributed by atoms with van der Waals surface area (Å²) < 4.78 is 12.8. The SMILES string of the molecule is O=C(C[C@H]1Nc2ccccc2NC1=O)c1ccc(F)cc1. The Kier molecular flexibility index (Phi) is 3.39. The number of nitrogens with one attached hydrogen (secondary N) is 2. The largest absolute Gasteiger partial charge is 0.372 e. The molecule has 1 aliphatic rings. The Morgan fingerprint density at radius 1 is 1.05 bits per heavy atom. The van der Waals surface area contributed by atoms with E-state index in [-0.39, 0.29) is 18.1 Å². The van der Waals surface area contributed by atoms with Crippen molar-refractivity contribution in [1.82, 2.24) is 0 Å². The van der Waals surface area contributed by atoms with Gasteiger partial charge in [0.2, 0.25) is 5.91 Å². The number of hydrogen-bond acceptors (Lipinski definition) is 3. The highest BCUT2D eigenvalue weighted by Crippen LogP contribution is 2.27. The van der Waals surface area contributed by atoms with Crippen LogP contribution in [0, 0.1) is 5.82 Å². The van der Waals surface area contributed by atoms with Crippen molar-refractivity contribution in [3.05, 3.63) is 59.9 Å². The minimum absolute atomic E-state index is 0.0196. The third-order valence-corrected chi connectivity index (χ3v) is 3.39. The standard InChI is InChI=1S/C16H13FN2O2/c17-11-7-5-10(6-8-11)15(20)9-14-16(21)19-13-4-2-1-3-12(13)18-14/h1-8,14,18H,9H2,(H,19,21)/t14-/m1/s1. The topological polar surface area (TPSA) is 58.2 Å². The zero-order valence-electron chi connectivity index (χ0n) is 11.1. The maximum atomic E-state index is 12.8. The summed E-state index contributed by atoms with van der Waals surface area (Å²) in [7, 11) is 0. The average Bonchev–Trinajstić information content (AvgIpc) is 2.48. The minimum atomic E-state index is -0.627. The van der Waals surface area contributed by atoms with Crippen molar-refractivity contribution >= 4 is 23.1 Å². The first kappa shape index (κ1) is 13.3. The van der Waals surface area contributed by atoms with Gasteiger partial charge in [0.1, 0.15) is 11.9 Å². The molecule has 5 heteroatoms. The zero-order valence-corrected chi connectivity index (χ0v) is 11.1. The molecule has 0 aromatic heterocycles. The molecule has 1 aliphatic heterocycles. The Morgan fingerprint density at radius 2 is 1.71 bits per heavy atom. The number of fused-ring (bicyclic) bond motifs is 1. The number of benzene rings is 2. The maximum Gasteiger partial charge on any atom is 0.247 e. The van der Waals surface area contributed by atoms with Crippen LogP contribution in [0.25, 0.3) is 0 Å². The van der Waals surface area contributed by atoms with E-state index >= 15 is 0 Å². The van der Waals surface area contributed by atoms with Crippen molar-refractivity contribution in [2.24, 2.45) is 0 Å². The van der Waals surface area contributed by atoms with Crippen LogP contribution in [-0.4, -0.2) is 17.7 Å². The van der Waals surface area contributed by atoms with Crippen molar-refractivity contribution < 1.29 is 14.0 Å². The van der Waals surface area contributed by atoms with Crippen LogP contribution in [0.2, 0.25) is 0 Å². The van der Waals surface area contributed by atoms with Crippen LogP contribution in [0.3, 0.4) is 0 Å². The van der Waals surface area contributed by atoms with E-state index in [1.807, 2.05) is 18.2 Å². The van der Waals surface area contributed by atoms with Crippen molar-refractivity contribution in [2.75, 3.05) is 10.6 Å². The van der Waals surface area contributed by atoms with E-state index in [0.29, 0.717) is 11.3 Å². The summed E-state index contributed by atoms with van der Waals surface area (Å²) >= 11 is 0. The number of para-hydroxylation sites is 2. The van der Waals surface area contributed by atoms with Gasteiger partial charge in [-0.2, -0.15) is 0 Å². The number of amides is 1. The summed E-state index contributed by atoms with van der Waals surface area (Å²) in [5.74, 6) is -0.847. The number of carbonyl (C=O) groups excluding carboxylic acids is 2. The molecule has 1 amide bonds. The molecule has 1 heterocycles. The molecule has 0 spiro atoms. The number of hydrogen-bond donors (Lipinski definition) is 2. The van der Waals surface area contributed by atoms with Gasteiger partial charge in [-0.05, 0) is 36.4 Å². The molecule has 1 atom stereocenters. The second-order valence-corrected chi connectivity index (χ2v) is 4.87. The van der Waals surface area contributed by atoms with Gasteiger partial charge >= 0.3 is 0 Å². The van der Waals surface area contributed by atoms with E-state index in [9.17, 15) is 14.0 Å². The van der Waals surface area contributed by atoms with E-state index in [1.165, 1.54) is 24.3 Å². The minimum Gasteiger partial charge on any atom is -0.372 e. The molecule has 106 valence electrons. The summed E-state index contributed by atoms with van der Waals surface area (Å²) in [6.07, 6.45) is 0.0196. The molecular weight excluding hydrogens is 271 g/mol. The molecule has 2 N–H and O–H groups in total. The van der Waals surface area contributed by atoms with E-state index < -0.39 is 11.9 Å². The molecule has 4 nitrogen and oxygen atoms in total. The molecule has 0 radical (unpaired) electrons. The lowest BCUT2D eigenvalue weighted by Gasteiger charge is -2.26. The van der Waals surface area contributed by atoms with Gasteiger partial charge in [0.25, 0.3) is 0 Å². The molecule has 21 heavy (non-hydrogen) atoms. The molecule has 0 aliphatic carbocycles. The van der Waals surface area contributed by atoms with Crippen LogP contribution in [0.1, 0.15) is 16.8 Å². The Hall–Kier alpha value is -2.69. The summed E-state index contributed by atoms with van der Waals surface area (Å²) in [6.45, 7) is 0. The summed E-state index contributed by atoms with van der Waals surface area (Å²) in [5, 5.41) is 5.81. The Morgan fingerprint density at radius 3 is 2.43 bits per heavy atom. The van der Waals surface area contributed by atoms with Gasteiger partial charge in [0, 0.05) is 12.0 Å². The van der Waals surface area contributed by atoms with Crippen LogP contribution in [-0.2, 0) is 4.79 Å². The molecule has 0 fully saturated rings. The number of carbonyl (C=O) groups is 2. The first-order valence-electron chi connectivity index (χ1n) is 6.59. The highest BCUT2D eigenvalue weighted by atomic mass is 19.1. The quantitative estimate of drug-likeness (QED) is 0.852. The molecular formula is C16H13FN2O2. The number of halogens is 1. The summed E-state index contributed by atoms with van der Waals surface area (Å²) in [5.41, 5.74) is 1.88. The number of ketones is 1. The second kappa shape index (κ2) is 5.36. The fourth-order valence-corrected chi connectivity index (χ4v) is 2.27. The van der Waals surface area contributed by atoms with Gasteiger partial charge in [-0.3, -0.25) is 9.59 Å². The Bertz CT molecular complexity index is 698. The van der Waals surface area contributed by atoms with Gasteiger partial charge in [-0.25, -0.2) is 4.39 Å². The van der Waals surface area contributed by atoms with E-state index in [4.69, 9.17) is 0 Å². The number of Topliss-reactive ketones (excluding diaryl/α,β-unsaturated/α-hetero) is 1. The predicted octanol–water partition coefficient (Wildman–Crippen LogP) is 2.83. The third kappa shape index (κ3) is 2.76. The molecule has 2 aromatic rings. The lowest BCUT2D eigenvalue weighted by atomic mass is 10.0.